The van der Waals surface area contributed by atoms with Crippen LogP contribution in [0.5, 0.6) is 11.5 Å². The minimum atomic E-state index is -4.54. The molecule has 6 aromatic rings. The summed E-state index contributed by atoms with van der Waals surface area (Å²) in [7, 11) is 0. The van der Waals surface area contributed by atoms with Crippen LogP contribution >= 0.6 is 0 Å². The molecule has 0 N–H and O–H groups in total. The molecule has 268 valence electrons. The second-order valence-electron chi connectivity index (χ2n) is 11.7. The zero-order valence-electron chi connectivity index (χ0n) is 27.5. The van der Waals surface area contributed by atoms with Crippen molar-refractivity contribution >= 4 is 23.1 Å². The van der Waals surface area contributed by atoms with Crippen LogP contribution in [-0.2, 0) is 12.4 Å². The van der Waals surface area contributed by atoms with Gasteiger partial charge in [0.1, 0.15) is 22.9 Å². The summed E-state index contributed by atoms with van der Waals surface area (Å²) >= 11 is 0. The van der Waals surface area contributed by atoms with Gasteiger partial charge in [-0.1, -0.05) is 0 Å². The van der Waals surface area contributed by atoms with Crippen molar-refractivity contribution in [3.8, 4) is 22.9 Å². The van der Waals surface area contributed by atoms with E-state index in [0.717, 1.165) is 33.6 Å². The average molecular weight is 731 g/mol. The minimum absolute atomic E-state index is 0.0517. The van der Waals surface area contributed by atoms with Gasteiger partial charge >= 0.3 is 12.4 Å². The van der Waals surface area contributed by atoms with Crippen LogP contribution in [0, 0.1) is 0 Å². The van der Waals surface area contributed by atoms with Gasteiger partial charge in [0.2, 0.25) is 0 Å². The highest BCUT2D eigenvalue weighted by molar-refractivity contribution is 6.15. The Morgan fingerprint density at radius 1 is 0.509 bits per heavy atom. The lowest BCUT2D eigenvalue weighted by atomic mass is 10.0. The van der Waals surface area contributed by atoms with Crippen LogP contribution in [-0.4, -0.2) is 42.7 Å². The summed E-state index contributed by atoms with van der Waals surface area (Å²) in [5.41, 5.74) is -1.38. The van der Waals surface area contributed by atoms with Crippen molar-refractivity contribution in [3.05, 3.63) is 154 Å². The molecule has 0 saturated heterocycles. The summed E-state index contributed by atoms with van der Waals surface area (Å²) < 4.78 is 86.1. The van der Waals surface area contributed by atoms with Crippen LogP contribution in [0.1, 0.15) is 77.8 Å². The molecule has 0 aliphatic carbocycles. The number of Topliss-reactive ketones (excluding diaryl/α,β-unsaturated/α-hetero) is 2. The predicted octanol–water partition coefficient (Wildman–Crippen LogP) is 8.76. The Morgan fingerprint density at radius 3 is 1.11 bits per heavy atom. The van der Waals surface area contributed by atoms with Gasteiger partial charge in [-0.25, -0.2) is 9.36 Å². The van der Waals surface area contributed by atoms with Crippen molar-refractivity contribution in [1.82, 2.24) is 19.6 Å². The third kappa shape index (κ3) is 7.68. The number of nitrogens with zero attached hydrogens (tertiary/aromatic N) is 4. The fourth-order valence-electron chi connectivity index (χ4n) is 5.27. The van der Waals surface area contributed by atoms with Gasteiger partial charge < -0.3 is 4.74 Å². The first kappa shape index (κ1) is 36.2. The van der Waals surface area contributed by atoms with Gasteiger partial charge in [0.25, 0.3) is 0 Å². The lowest BCUT2D eigenvalue weighted by Gasteiger charge is -2.08. The van der Waals surface area contributed by atoms with Gasteiger partial charge in [-0.3, -0.25) is 19.2 Å². The van der Waals surface area contributed by atoms with E-state index in [9.17, 15) is 45.5 Å². The molecular formula is C38H24F6N4O5. The molecule has 6 rings (SSSR count). The van der Waals surface area contributed by atoms with E-state index in [1.807, 2.05) is 0 Å². The van der Waals surface area contributed by atoms with Crippen molar-refractivity contribution in [1.29, 1.82) is 0 Å². The molecule has 2 aromatic heterocycles. The molecule has 0 aliphatic heterocycles. The first-order valence-corrected chi connectivity index (χ1v) is 15.5. The van der Waals surface area contributed by atoms with Gasteiger partial charge in [-0.2, -0.15) is 36.5 Å². The molecule has 0 saturated carbocycles. The molecule has 0 fully saturated rings. The molecular weight excluding hydrogens is 706 g/mol. The number of ether oxygens (including phenoxy) is 1. The molecule has 15 heteroatoms. The molecule has 9 nitrogen and oxygen atoms in total. The Hall–Kier alpha value is -6.64. The van der Waals surface area contributed by atoms with Crippen molar-refractivity contribution < 1.29 is 50.3 Å². The maximum atomic E-state index is 13.4. The first-order valence-electron chi connectivity index (χ1n) is 15.5. The van der Waals surface area contributed by atoms with Crippen molar-refractivity contribution in [2.24, 2.45) is 0 Å². The molecule has 0 aliphatic rings. The summed E-state index contributed by atoms with van der Waals surface area (Å²) in [6.45, 7) is 2.43. The van der Waals surface area contributed by atoms with Crippen LogP contribution in [0.2, 0.25) is 0 Å². The molecule has 0 radical (unpaired) electrons. The quantitative estimate of drug-likeness (QED) is 0.102. The number of alkyl halides is 6. The van der Waals surface area contributed by atoms with E-state index in [1.54, 1.807) is 0 Å². The van der Waals surface area contributed by atoms with E-state index >= 15 is 0 Å². The van der Waals surface area contributed by atoms with Crippen LogP contribution in [0.4, 0.5) is 26.3 Å². The SMILES string of the molecule is CC(=O)c1nn(-c2ccc(C(F)(F)F)cc2)cc1C(=O)c1ccc(Oc2ccc(C(=O)c3cn(-c4ccc(C(F)(F)F)cc4)nc3C(C)=O)cc2)cc1. The number of hydrogen-bond donors (Lipinski definition) is 0. The zero-order valence-corrected chi connectivity index (χ0v) is 27.5. The highest BCUT2D eigenvalue weighted by Crippen LogP contribution is 2.31. The topological polar surface area (TPSA) is 113 Å². The fourth-order valence-corrected chi connectivity index (χ4v) is 5.27. The van der Waals surface area contributed by atoms with E-state index in [0.29, 0.717) is 11.5 Å². The maximum Gasteiger partial charge on any atom is 0.416 e. The first-order chi connectivity index (χ1) is 25.0. The summed E-state index contributed by atoms with van der Waals surface area (Å²) in [6, 6.07) is 19.9. The van der Waals surface area contributed by atoms with Crippen molar-refractivity contribution in [2.75, 3.05) is 0 Å². The number of halogens is 6. The molecule has 53 heavy (non-hydrogen) atoms. The molecule has 2 heterocycles. The number of carbonyl (C=O) groups excluding carboxylic acids is 4. The van der Waals surface area contributed by atoms with Gasteiger partial charge in [-0.05, 0) is 97.1 Å². The highest BCUT2D eigenvalue weighted by Gasteiger charge is 2.31. The second-order valence-corrected chi connectivity index (χ2v) is 11.7. The Bertz CT molecular complexity index is 2190. The lowest BCUT2D eigenvalue weighted by Crippen LogP contribution is -2.07. The third-order valence-corrected chi connectivity index (χ3v) is 7.97. The molecule has 0 amide bonds. The Kier molecular flexibility index (Phi) is 9.43. The summed E-state index contributed by atoms with van der Waals surface area (Å²) in [4.78, 5) is 51.4. The standard InChI is InChI=1S/C38H24F6N4O5/c1-21(49)33-31(19-47(45-33)27-11-7-25(8-12-27)37(39,40)41)35(51)23-3-15-29(16-4-23)53-30-17-5-24(6-18-30)36(52)32-20-48(46-34(32)22(2)50)28-13-9-26(10-14-28)38(42,43)44/h3-20H,1-2H3. The number of ketones is 4. The molecule has 0 bridgehead atoms. The molecule has 4 aromatic carbocycles. The van der Waals surface area contributed by atoms with E-state index in [-0.39, 0.29) is 45.0 Å². The summed E-state index contributed by atoms with van der Waals surface area (Å²) in [5.74, 6) is -1.55. The van der Waals surface area contributed by atoms with Gasteiger partial charge in [-0.15, -0.1) is 0 Å². The van der Waals surface area contributed by atoms with E-state index in [2.05, 4.69) is 10.2 Å². The van der Waals surface area contributed by atoms with E-state index in [4.69, 9.17) is 4.74 Å². The number of rotatable bonds is 10. The zero-order chi connectivity index (χ0) is 38.2. The number of aromatic nitrogens is 4. The normalized spacial score (nSPS) is 11.7. The van der Waals surface area contributed by atoms with Gasteiger partial charge in [0.05, 0.1) is 33.6 Å². The summed E-state index contributed by atoms with van der Waals surface area (Å²) in [5, 5.41) is 8.26. The highest BCUT2D eigenvalue weighted by atomic mass is 19.4. The largest absolute Gasteiger partial charge is 0.457 e. The number of carbonyl (C=O) groups is 4. The Balaban J connectivity index is 1.16. The number of benzene rings is 4. The molecule has 0 unspecified atom stereocenters. The van der Waals surface area contributed by atoms with Gasteiger partial charge in [0.15, 0.2) is 23.1 Å². The summed E-state index contributed by atoms with van der Waals surface area (Å²) in [6.07, 6.45) is -6.53. The monoisotopic (exact) mass is 730 g/mol. The minimum Gasteiger partial charge on any atom is -0.457 e. The van der Waals surface area contributed by atoms with Crippen LogP contribution < -0.4 is 4.74 Å². The molecule has 0 spiro atoms. The van der Waals surface area contributed by atoms with E-state index < -0.39 is 46.6 Å². The van der Waals surface area contributed by atoms with Crippen molar-refractivity contribution in [3.63, 3.8) is 0 Å². The predicted molar refractivity (Wildman–Crippen MR) is 177 cm³/mol. The second kappa shape index (κ2) is 13.8. The van der Waals surface area contributed by atoms with Crippen LogP contribution in [0.15, 0.2) is 109 Å². The number of hydrogen-bond acceptors (Lipinski definition) is 7. The molecule has 0 atom stereocenters. The Morgan fingerprint density at radius 2 is 0.830 bits per heavy atom. The smallest absolute Gasteiger partial charge is 0.416 e. The fraction of sp³-hybridized carbons (Fsp3) is 0.105. The van der Waals surface area contributed by atoms with E-state index in [1.165, 1.54) is 99.0 Å². The lowest BCUT2D eigenvalue weighted by molar-refractivity contribution is -0.138. The Labute approximate surface area is 296 Å². The van der Waals surface area contributed by atoms with Crippen molar-refractivity contribution in [2.45, 2.75) is 26.2 Å². The van der Waals surface area contributed by atoms with Gasteiger partial charge in [0, 0.05) is 37.4 Å². The average Bonchev–Trinajstić information content (AvgIpc) is 3.78. The maximum absolute atomic E-state index is 13.4. The van der Waals surface area contributed by atoms with Crippen LogP contribution in [0.25, 0.3) is 11.4 Å². The third-order valence-electron chi connectivity index (χ3n) is 7.97. The van der Waals surface area contributed by atoms with Crippen LogP contribution in [0.3, 0.4) is 0 Å².